The largest absolute Gasteiger partial charge is 0.473 e. The molecule has 0 amide bonds. The van der Waals surface area contributed by atoms with Gasteiger partial charge in [0.05, 0.1) is 10.6 Å². The van der Waals surface area contributed by atoms with Crippen molar-refractivity contribution in [3.63, 3.8) is 0 Å². The quantitative estimate of drug-likeness (QED) is 0.795. The highest BCUT2D eigenvalue weighted by molar-refractivity contribution is 6.32. The van der Waals surface area contributed by atoms with Gasteiger partial charge in [-0.25, -0.2) is 4.98 Å². The van der Waals surface area contributed by atoms with Crippen molar-refractivity contribution in [2.24, 2.45) is 0 Å². The summed E-state index contributed by atoms with van der Waals surface area (Å²) in [7, 11) is 0. The molecule has 0 unspecified atom stereocenters. The lowest BCUT2D eigenvalue weighted by atomic mass is 10.1. The Balaban J connectivity index is 2.18. The molecule has 1 radical (unpaired) electrons. The molecule has 0 N–H and O–H groups in total. The van der Waals surface area contributed by atoms with Crippen LogP contribution in [-0.4, -0.2) is 9.97 Å². The first-order chi connectivity index (χ1) is 9.38. The number of halogens is 5. The van der Waals surface area contributed by atoms with Crippen LogP contribution in [0.1, 0.15) is 11.1 Å². The van der Waals surface area contributed by atoms with E-state index in [4.69, 9.17) is 27.9 Å². The van der Waals surface area contributed by atoms with E-state index in [-0.39, 0.29) is 23.3 Å². The second-order valence-corrected chi connectivity index (χ2v) is 4.36. The van der Waals surface area contributed by atoms with Gasteiger partial charge in [0.25, 0.3) is 0 Å². The highest BCUT2D eigenvalue weighted by Crippen LogP contribution is 2.36. The van der Waals surface area contributed by atoms with Crippen LogP contribution in [0.15, 0.2) is 24.4 Å². The van der Waals surface area contributed by atoms with E-state index in [2.05, 4.69) is 16.0 Å². The topological polar surface area (TPSA) is 35.0 Å². The average Bonchev–Trinajstić information content (AvgIpc) is 2.36. The van der Waals surface area contributed by atoms with Crippen LogP contribution in [-0.2, 0) is 12.8 Å². The smallest absolute Gasteiger partial charge is 0.418 e. The third-order valence-corrected chi connectivity index (χ3v) is 2.89. The van der Waals surface area contributed by atoms with Gasteiger partial charge in [-0.05, 0) is 17.7 Å². The summed E-state index contributed by atoms with van der Waals surface area (Å²) in [5.41, 5.74) is -0.853. The predicted octanol–water partition coefficient (Wildman–Crippen LogP) is 4.18. The summed E-state index contributed by atoms with van der Waals surface area (Å²) >= 11 is 11.3. The van der Waals surface area contributed by atoms with Crippen molar-refractivity contribution >= 4 is 23.2 Å². The Bertz CT molecular complexity index is 620. The molecule has 2 rings (SSSR count). The maximum absolute atomic E-state index is 12.7. The number of alkyl halides is 3. The van der Waals surface area contributed by atoms with Gasteiger partial charge in [-0.2, -0.15) is 18.2 Å². The van der Waals surface area contributed by atoms with Crippen molar-refractivity contribution in [1.29, 1.82) is 0 Å². The molecule has 1 aromatic heterocycles. The molecule has 0 saturated carbocycles. The van der Waals surface area contributed by atoms with Crippen molar-refractivity contribution in [2.75, 3.05) is 0 Å². The van der Waals surface area contributed by atoms with E-state index in [1.807, 2.05) is 0 Å². The lowest BCUT2D eigenvalue weighted by Crippen LogP contribution is -2.08. The fourth-order valence-electron chi connectivity index (χ4n) is 1.39. The molecule has 1 heterocycles. The first kappa shape index (κ1) is 14.9. The molecule has 0 saturated heterocycles. The Morgan fingerprint density at radius 3 is 2.65 bits per heavy atom. The van der Waals surface area contributed by atoms with Gasteiger partial charge in [-0.15, -0.1) is 0 Å². The van der Waals surface area contributed by atoms with Crippen LogP contribution in [0, 0.1) is 6.07 Å². The average molecular weight is 322 g/mol. The number of rotatable bonds is 3. The number of hydrogen-bond acceptors (Lipinski definition) is 3. The number of aromatic nitrogens is 2. The van der Waals surface area contributed by atoms with Gasteiger partial charge < -0.3 is 4.74 Å². The molecular weight excluding hydrogens is 316 g/mol. The van der Waals surface area contributed by atoms with Gasteiger partial charge in [0.1, 0.15) is 6.61 Å². The zero-order chi connectivity index (χ0) is 14.8. The summed E-state index contributed by atoms with van der Waals surface area (Å²) in [6.45, 7) is -0.177. The number of benzene rings is 1. The molecule has 20 heavy (non-hydrogen) atoms. The van der Waals surface area contributed by atoms with Crippen molar-refractivity contribution in [2.45, 2.75) is 12.8 Å². The minimum Gasteiger partial charge on any atom is -0.473 e. The van der Waals surface area contributed by atoms with E-state index in [1.54, 1.807) is 0 Å². The fraction of sp³-hybridized carbons (Fsp3) is 0.167. The zero-order valence-electron chi connectivity index (χ0n) is 9.71. The lowest BCUT2D eigenvalue weighted by molar-refractivity contribution is -0.137. The Hall–Kier alpha value is -1.53. The number of ether oxygens (including phenoxy) is 1. The monoisotopic (exact) mass is 321 g/mol. The highest BCUT2D eigenvalue weighted by atomic mass is 35.5. The number of hydrogen-bond donors (Lipinski definition) is 0. The molecule has 2 aromatic rings. The van der Waals surface area contributed by atoms with Gasteiger partial charge in [0.15, 0.2) is 0 Å². The summed E-state index contributed by atoms with van der Waals surface area (Å²) in [5.74, 6) is 0.141. The Kier molecular flexibility index (Phi) is 4.35. The zero-order valence-corrected chi connectivity index (χ0v) is 11.2. The molecule has 0 aliphatic heterocycles. The van der Waals surface area contributed by atoms with Crippen LogP contribution < -0.4 is 4.74 Å². The van der Waals surface area contributed by atoms with Gasteiger partial charge in [-0.3, -0.25) is 0 Å². The van der Waals surface area contributed by atoms with Crippen LogP contribution >= 0.6 is 23.2 Å². The van der Waals surface area contributed by atoms with E-state index in [0.29, 0.717) is 0 Å². The van der Waals surface area contributed by atoms with Crippen molar-refractivity contribution < 1.29 is 17.9 Å². The molecule has 0 atom stereocenters. The second kappa shape index (κ2) is 5.85. The van der Waals surface area contributed by atoms with Gasteiger partial charge in [0, 0.05) is 17.8 Å². The molecule has 0 bridgehead atoms. The first-order valence-corrected chi connectivity index (χ1v) is 6.01. The minimum absolute atomic E-state index is 0.0222. The molecule has 105 valence electrons. The van der Waals surface area contributed by atoms with E-state index < -0.39 is 16.8 Å². The summed E-state index contributed by atoms with van der Waals surface area (Å²) in [6, 6.07) is 6.02. The van der Waals surface area contributed by atoms with E-state index in [9.17, 15) is 13.2 Å². The molecule has 0 fully saturated rings. The van der Waals surface area contributed by atoms with Gasteiger partial charge in [0.2, 0.25) is 11.2 Å². The summed E-state index contributed by atoms with van der Waals surface area (Å²) < 4.78 is 43.2. The molecular formula is C12H6Cl2F3N2O. The predicted molar refractivity (Wildman–Crippen MR) is 66.7 cm³/mol. The van der Waals surface area contributed by atoms with Crippen LogP contribution in [0.25, 0.3) is 0 Å². The van der Waals surface area contributed by atoms with E-state index >= 15 is 0 Å². The third-order valence-electron chi connectivity index (χ3n) is 2.27. The molecule has 0 spiro atoms. The lowest BCUT2D eigenvalue weighted by Gasteiger charge is -2.12. The Morgan fingerprint density at radius 2 is 2.00 bits per heavy atom. The molecule has 0 aliphatic rings. The molecule has 3 nitrogen and oxygen atoms in total. The van der Waals surface area contributed by atoms with Crippen molar-refractivity contribution in [1.82, 2.24) is 9.97 Å². The third kappa shape index (κ3) is 3.52. The Morgan fingerprint density at radius 1 is 1.25 bits per heavy atom. The summed E-state index contributed by atoms with van der Waals surface area (Å²) in [4.78, 5) is 7.40. The van der Waals surface area contributed by atoms with Crippen molar-refractivity contribution in [3.8, 4) is 5.88 Å². The second-order valence-electron chi connectivity index (χ2n) is 3.64. The standard InChI is InChI=1S/C12H6Cl2F3N2O/c13-10-7(2-1-3-8(10)12(15,16)17)6-20-9-4-5-18-11(14)19-9/h1-2,4-5H,6H2. The first-order valence-electron chi connectivity index (χ1n) is 5.25. The summed E-state index contributed by atoms with van der Waals surface area (Å²) in [5, 5.41) is -0.467. The van der Waals surface area contributed by atoms with Crippen LogP contribution in [0.4, 0.5) is 13.2 Å². The van der Waals surface area contributed by atoms with Gasteiger partial charge in [-0.1, -0.05) is 23.7 Å². The molecule has 1 aromatic carbocycles. The highest BCUT2D eigenvalue weighted by Gasteiger charge is 2.34. The van der Waals surface area contributed by atoms with Crippen LogP contribution in [0.5, 0.6) is 5.88 Å². The molecule has 0 aliphatic carbocycles. The maximum atomic E-state index is 12.7. The van der Waals surface area contributed by atoms with Crippen molar-refractivity contribution in [3.05, 3.63) is 51.9 Å². The normalized spacial score (nSPS) is 11.4. The van der Waals surface area contributed by atoms with Crippen LogP contribution in [0.2, 0.25) is 10.3 Å². The minimum atomic E-state index is -4.56. The van der Waals surface area contributed by atoms with E-state index in [0.717, 1.165) is 6.07 Å². The fourth-order valence-corrected chi connectivity index (χ4v) is 1.81. The van der Waals surface area contributed by atoms with E-state index in [1.165, 1.54) is 18.3 Å². The Labute approximate surface area is 122 Å². The molecule has 8 heteroatoms. The van der Waals surface area contributed by atoms with Crippen LogP contribution in [0.3, 0.4) is 0 Å². The SMILES string of the molecule is FC(F)(F)c1[c]ccc(COc2ccnc(Cl)n2)c1Cl. The maximum Gasteiger partial charge on any atom is 0.418 e. The van der Waals surface area contributed by atoms with Gasteiger partial charge >= 0.3 is 6.18 Å². The number of nitrogens with zero attached hydrogens (tertiary/aromatic N) is 2. The summed E-state index contributed by atoms with van der Waals surface area (Å²) in [6.07, 6.45) is -3.20.